The number of hydrogen-bond donors (Lipinski definition) is 0. The molecule has 3 nitrogen and oxygen atoms in total. The highest BCUT2D eigenvalue weighted by Crippen LogP contribution is 2.43. The Labute approximate surface area is 249 Å². The summed E-state index contributed by atoms with van der Waals surface area (Å²) in [7, 11) is 0. The van der Waals surface area contributed by atoms with Gasteiger partial charge in [-0.25, -0.2) is 4.98 Å². The van der Waals surface area contributed by atoms with Crippen LogP contribution in [-0.2, 0) is 0 Å². The lowest BCUT2D eigenvalue weighted by Crippen LogP contribution is -2.09. The summed E-state index contributed by atoms with van der Waals surface area (Å²) >= 11 is 3.69. The first-order valence-corrected chi connectivity index (χ1v) is 15.5. The quantitative estimate of drug-likeness (QED) is 0.209. The smallest absolute Gasteiger partial charge is 0.227 e. The van der Waals surface area contributed by atoms with Crippen LogP contribution in [0.25, 0.3) is 62.9 Å². The van der Waals surface area contributed by atoms with Crippen LogP contribution in [0.15, 0.2) is 138 Å². The molecule has 0 saturated heterocycles. The molecule has 42 heavy (non-hydrogen) atoms. The molecule has 9 rings (SSSR count). The van der Waals surface area contributed by atoms with Crippen molar-refractivity contribution in [3.8, 4) is 11.5 Å². The van der Waals surface area contributed by atoms with Crippen molar-refractivity contribution in [1.29, 1.82) is 0 Å². The number of oxazole rings is 1. The number of benzene rings is 6. The van der Waals surface area contributed by atoms with Crippen molar-refractivity contribution in [2.45, 2.75) is 0 Å². The summed E-state index contributed by atoms with van der Waals surface area (Å²) in [4.78, 5) is 7.06. The van der Waals surface area contributed by atoms with Crippen LogP contribution < -0.4 is 4.90 Å². The molecule has 6 aromatic carbocycles. The van der Waals surface area contributed by atoms with Crippen LogP contribution in [0, 0.1) is 0 Å². The molecular weight excluding hydrogens is 553 g/mol. The summed E-state index contributed by atoms with van der Waals surface area (Å²) in [5, 5.41) is 5.21. The highest BCUT2D eigenvalue weighted by molar-refractivity contribution is 7.26. The van der Waals surface area contributed by atoms with Crippen molar-refractivity contribution < 1.29 is 4.42 Å². The molecule has 0 bridgehead atoms. The van der Waals surface area contributed by atoms with E-state index in [9.17, 15) is 0 Å². The van der Waals surface area contributed by atoms with Gasteiger partial charge in [-0.3, -0.25) is 0 Å². The lowest BCUT2D eigenvalue weighted by Gasteiger charge is -2.26. The average Bonchev–Trinajstić information content (AvgIpc) is 3.74. The Morgan fingerprint density at radius 3 is 1.62 bits per heavy atom. The van der Waals surface area contributed by atoms with Crippen molar-refractivity contribution in [2.24, 2.45) is 0 Å². The van der Waals surface area contributed by atoms with Gasteiger partial charge in [-0.1, -0.05) is 60.7 Å². The third kappa shape index (κ3) is 3.75. The number of aromatic nitrogens is 1. The molecule has 0 spiro atoms. The lowest BCUT2D eigenvalue weighted by molar-refractivity contribution is 0.620. The second-order valence-electron chi connectivity index (χ2n) is 10.4. The molecule has 0 aliphatic heterocycles. The minimum atomic E-state index is 0.632. The van der Waals surface area contributed by atoms with Crippen molar-refractivity contribution in [3.63, 3.8) is 0 Å². The van der Waals surface area contributed by atoms with Gasteiger partial charge in [0.05, 0.1) is 0 Å². The van der Waals surface area contributed by atoms with Gasteiger partial charge in [0.25, 0.3) is 0 Å². The van der Waals surface area contributed by atoms with Gasteiger partial charge in [-0.05, 0) is 72.8 Å². The van der Waals surface area contributed by atoms with Crippen LogP contribution in [0.2, 0.25) is 0 Å². The molecule has 0 saturated carbocycles. The molecule has 0 aliphatic rings. The van der Waals surface area contributed by atoms with Gasteiger partial charge in [0, 0.05) is 63.0 Å². The molecular formula is C37H22N2OS2. The Kier molecular flexibility index (Phi) is 5.24. The van der Waals surface area contributed by atoms with Gasteiger partial charge in [0.1, 0.15) is 5.52 Å². The number of anilines is 3. The Balaban J connectivity index is 1.20. The van der Waals surface area contributed by atoms with E-state index in [2.05, 4.69) is 114 Å². The summed E-state index contributed by atoms with van der Waals surface area (Å²) in [6, 6.07) is 47.4. The third-order valence-corrected chi connectivity index (χ3v) is 10.2. The predicted molar refractivity (Wildman–Crippen MR) is 180 cm³/mol. The SMILES string of the molecule is c1ccc2oc(-c3ccc(N(c4ccc5c(c4)sc4ccccc45)c4ccc5c(c4)sc4ccccc45)cc3)nc2c1. The third-order valence-electron chi connectivity index (χ3n) is 7.91. The second-order valence-corrected chi connectivity index (χ2v) is 12.6. The van der Waals surface area contributed by atoms with E-state index < -0.39 is 0 Å². The van der Waals surface area contributed by atoms with Gasteiger partial charge in [0.2, 0.25) is 5.89 Å². The molecule has 3 aromatic heterocycles. The molecule has 5 heteroatoms. The normalized spacial score (nSPS) is 11.8. The van der Waals surface area contributed by atoms with Gasteiger partial charge >= 0.3 is 0 Å². The summed E-state index contributed by atoms with van der Waals surface area (Å²) in [5.41, 5.74) is 5.96. The molecule has 0 unspecified atom stereocenters. The van der Waals surface area contributed by atoms with Gasteiger partial charge in [0.15, 0.2) is 5.58 Å². The van der Waals surface area contributed by atoms with Crippen LogP contribution in [0.1, 0.15) is 0 Å². The van der Waals surface area contributed by atoms with E-state index in [0.717, 1.165) is 33.7 Å². The zero-order valence-corrected chi connectivity index (χ0v) is 24.0. The predicted octanol–water partition coefficient (Wildman–Crippen LogP) is 11.7. The number of thiophene rings is 2. The van der Waals surface area contributed by atoms with Crippen molar-refractivity contribution in [3.05, 3.63) is 133 Å². The number of hydrogen-bond acceptors (Lipinski definition) is 5. The first kappa shape index (κ1) is 23.7. The monoisotopic (exact) mass is 574 g/mol. The fourth-order valence-corrected chi connectivity index (χ4v) is 8.18. The van der Waals surface area contributed by atoms with Gasteiger partial charge in [-0.15, -0.1) is 22.7 Å². The molecule has 0 N–H and O–H groups in total. The largest absolute Gasteiger partial charge is 0.436 e. The van der Waals surface area contributed by atoms with Crippen LogP contribution in [0.3, 0.4) is 0 Å². The van der Waals surface area contributed by atoms with Crippen LogP contribution in [0.4, 0.5) is 17.1 Å². The topological polar surface area (TPSA) is 29.3 Å². The highest BCUT2D eigenvalue weighted by atomic mass is 32.1. The Hall–Kier alpha value is -4.97. The number of fused-ring (bicyclic) bond motifs is 7. The number of rotatable bonds is 4. The van der Waals surface area contributed by atoms with Crippen molar-refractivity contribution in [2.75, 3.05) is 4.90 Å². The fraction of sp³-hybridized carbons (Fsp3) is 0. The first-order chi connectivity index (χ1) is 20.8. The molecule has 9 aromatic rings. The van der Waals surface area contributed by atoms with E-state index in [1.165, 1.54) is 40.3 Å². The zero-order valence-electron chi connectivity index (χ0n) is 22.3. The van der Waals surface area contributed by atoms with Crippen LogP contribution >= 0.6 is 22.7 Å². The van der Waals surface area contributed by atoms with E-state index in [0.29, 0.717) is 5.89 Å². The summed E-state index contributed by atoms with van der Waals surface area (Å²) in [5.74, 6) is 0.632. The molecule has 3 heterocycles. The Bertz CT molecular complexity index is 2280. The van der Waals surface area contributed by atoms with Gasteiger partial charge < -0.3 is 9.32 Å². The average molecular weight is 575 g/mol. The van der Waals surface area contributed by atoms with E-state index in [4.69, 9.17) is 9.40 Å². The minimum absolute atomic E-state index is 0.632. The van der Waals surface area contributed by atoms with Crippen LogP contribution in [0.5, 0.6) is 0 Å². The molecule has 0 aliphatic carbocycles. The molecule has 0 fully saturated rings. The summed E-state index contributed by atoms with van der Waals surface area (Å²) < 4.78 is 11.2. The zero-order chi connectivity index (χ0) is 27.6. The van der Waals surface area contributed by atoms with E-state index >= 15 is 0 Å². The summed E-state index contributed by atoms with van der Waals surface area (Å²) in [6.45, 7) is 0. The van der Waals surface area contributed by atoms with Crippen LogP contribution in [-0.4, -0.2) is 4.98 Å². The highest BCUT2D eigenvalue weighted by Gasteiger charge is 2.17. The Morgan fingerprint density at radius 1 is 0.476 bits per heavy atom. The molecule has 0 radical (unpaired) electrons. The van der Waals surface area contributed by atoms with Crippen molar-refractivity contribution >= 4 is 91.2 Å². The standard InChI is InChI=1S/C37H22N2OS2/c1-5-11-33-27(7-1)29-19-17-25(21-35(29)41-33)39(26-18-20-30-28-8-2-6-12-34(28)42-36(30)22-26)24-15-13-23(14-16-24)37-38-31-9-3-4-10-32(31)40-37/h1-22H. The van der Waals surface area contributed by atoms with E-state index in [1.54, 1.807) is 0 Å². The molecule has 0 amide bonds. The maximum Gasteiger partial charge on any atom is 0.227 e. The number of nitrogens with zero attached hydrogens (tertiary/aromatic N) is 2. The first-order valence-electron chi connectivity index (χ1n) is 13.9. The van der Waals surface area contributed by atoms with E-state index in [1.807, 2.05) is 46.9 Å². The maximum absolute atomic E-state index is 6.06. The minimum Gasteiger partial charge on any atom is -0.436 e. The molecule has 198 valence electrons. The number of para-hydroxylation sites is 2. The molecule has 0 atom stereocenters. The second kappa shape index (κ2) is 9.28. The summed E-state index contributed by atoms with van der Waals surface area (Å²) in [6.07, 6.45) is 0. The van der Waals surface area contributed by atoms with Crippen molar-refractivity contribution in [1.82, 2.24) is 4.98 Å². The van der Waals surface area contributed by atoms with E-state index in [-0.39, 0.29) is 0 Å². The van der Waals surface area contributed by atoms with Gasteiger partial charge in [-0.2, -0.15) is 0 Å². The Morgan fingerprint density at radius 2 is 1.00 bits per heavy atom. The lowest BCUT2D eigenvalue weighted by atomic mass is 10.1. The fourth-order valence-electron chi connectivity index (χ4n) is 5.90. The maximum atomic E-state index is 6.06.